The van der Waals surface area contributed by atoms with Gasteiger partial charge in [-0.2, -0.15) is 0 Å². The van der Waals surface area contributed by atoms with Crippen LogP contribution in [0.15, 0.2) is 54.6 Å². The third-order valence-corrected chi connectivity index (χ3v) is 3.73. The Balaban J connectivity index is 0.00000288. The number of amides is 1. The summed E-state index contributed by atoms with van der Waals surface area (Å²) < 4.78 is 5.85. The highest BCUT2D eigenvalue weighted by Gasteiger charge is 2.09. The number of nitrogens with one attached hydrogen (secondary N) is 1. The highest BCUT2D eigenvalue weighted by atomic mass is 35.5. The van der Waals surface area contributed by atoms with Crippen molar-refractivity contribution in [2.75, 3.05) is 31.6 Å². The van der Waals surface area contributed by atoms with Crippen molar-refractivity contribution >= 4 is 24.0 Å². The van der Waals surface area contributed by atoms with Crippen LogP contribution in [0.3, 0.4) is 0 Å². The molecule has 1 amide bonds. The van der Waals surface area contributed by atoms with Gasteiger partial charge in [0.1, 0.15) is 12.4 Å². The molecule has 4 nitrogen and oxygen atoms in total. The minimum Gasteiger partial charge on any atom is -0.490 e. The molecule has 2 aromatic rings. The van der Waals surface area contributed by atoms with Gasteiger partial charge in [0.25, 0.3) is 5.91 Å². The summed E-state index contributed by atoms with van der Waals surface area (Å²) >= 11 is 0. The first-order valence-electron chi connectivity index (χ1n) is 8.05. The van der Waals surface area contributed by atoms with Gasteiger partial charge in [-0.1, -0.05) is 44.2 Å². The number of ether oxygens (including phenoxy) is 1. The zero-order chi connectivity index (χ0) is 16.5. The second-order valence-electron chi connectivity index (χ2n) is 5.19. The predicted molar refractivity (Wildman–Crippen MR) is 101 cm³/mol. The van der Waals surface area contributed by atoms with Crippen molar-refractivity contribution in [3.05, 3.63) is 60.2 Å². The minimum atomic E-state index is -0.134. The summed E-state index contributed by atoms with van der Waals surface area (Å²) in [6.07, 6.45) is 0. The lowest BCUT2D eigenvalue weighted by Crippen LogP contribution is -2.28. The number of halogens is 1. The van der Waals surface area contributed by atoms with Crippen molar-refractivity contribution in [2.24, 2.45) is 0 Å². The molecule has 0 fully saturated rings. The lowest BCUT2D eigenvalue weighted by molar-refractivity contribution is 0.102. The van der Waals surface area contributed by atoms with Gasteiger partial charge >= 0.3 is 0 Å². The Morgan fingerprint density at radius 2 is 1.62 bits per heavy atom. The number of benzene rings is 2. The molecule has 5 heteroatoms. The summed E-state index contributed by atoms with van der Waals surface area (Å²) in [4.78, 5) is 14.6. The summed E-state index contributed by atoms with van der Waals surface area (Å²) in [5.74, 6) is 0.564. The summed E-state index contributed by atoms with van der Waals surface area (Å²) in [6.45, 7) is 7.75. The SMILES string of the molecule is CCN(CC)CCOc1ccccc1NC(=O)c1ccccc1.Cl. The second kappa shape index (κ2) is 10.7. The van der Waals surface area contributed by atoms with Crippen molar-refractivity contribution in [2.45, 2.75) is 13.8 Å². The Morgan fingerprint density at radius 3 is 2.29 bits per heavy atom. The molecular formula is C19H25ClN2O2. The third-order valence-electron chi connectivity index (χ3n) is 3.73. The molecule has 0 unspecified atom stereocenters. The van der Waals surface area contributed by atoms with Crippen molar-refractivity contribution in [1.82, 2.24) is 4.90 Å². The van der Waals surface area contributed by atoms with E-state index in [1.54, 1.807) is 12.1 Å². The maximum absolute atomic E-state index is 12.3. The molecule has 0 atom stereocenters. The fraction of sp³-hybridized carbons (Fsp3) is 0.316. The fourth-order valence-corrected chi connectivity index (χ4v) is 2.30. The van der Waals surface area contributed by atoms with Gasteiger partial charge in [0.05, 0.1) is 5.69 Å². The second-order valence-corrected chi connectivity index (χ2v) is 5.19. The summed E-state index contributed by atoms with van der Waals surface area (Å²) in [5.41, 5.74) is 1.33. The average Bonchev–Trinajstić information content (AvgIpc) is 2.61. The van der Waals surface area contributed by atoms with Crippen LogP contribution >= 0.6 is 12.4 Å². The Hall–Kier alpha value is -2.04. The molecule has 0 bridgehead atoms. The number of hydrogen-bond acceptors (Lipinski definition) is 3. The van der Waals surface area contributed by atoms with E-state index >= 15 is 0 Å². The molecule has 0 saturated carbocycles. The lowest BCUT2D eigenvalue weighted by atomic mass is 10.2. The van der Waals surface area contributed by atoms with Crippen LogP contribution in [0.2, 0.25) is 0 Å². The fourth-order valence-electron chi connectivity index (χ4n) is 2.30. The van der Waals surface area contributed by atoms with Gasteiger partial charge in [0, 0.05) is 12.1 Å². The number of anilines is 1. The van der Waals surface area contributed by atoms with Crippen LogP contribution in [0.1, 0.15) is 24.2 Å². The van der Waals surface area contributed by atoms with E-state index in [0.717, 1.165) is 19.6 Å². The van der Waals surface area contributed by atoms with Crippen LogP contribution in [0.25, 0.3) is 0 Å². The molecule has 2 rings (SSSR count). The smallest absolute Gasteiger partial charge is 0.255 e. The lowest BCUT2D eigenvalue weighted by Gasteiger charge is -2.19. The zero-order valence-corrected chi connectivity index (χ0v) is 15.0. The monoisotopic (exact) mass is 348 g/mol. The molecule has 130 valence electrons. The Bertz CT molecular complexity index is 616. The number of carbonyl (C=O) groups excluding carboxylic acids is 1. The minimum absolute atomic E-state index is 0. The molecule has 0 spiro atoms. The number of rotatable bonds is 8. The summed E-state index contributed by atoms with van der Waals surface area (Å²) in [6, 6.07) is 16.7. The zero-order valence-electron chi connectivity index (χ0n) is 14.2. The predicted octanol–water partition coefficient (Wildman–Crippen LogP) is 4.08. The van der Waals surface area contributed by atoms with Crippen molar-refractivity contribution < 1.29 is 9.53 Å². The molecule has 0 aliphatic carbocycles. The first-order chi connectivity index (χ1) is 11.2. The molecule has 1 N–H and O–H groups in total. The highest BCUT2D eigenvalue weighted by molar-refractivity contribution is 6.04. The molecule has 0 aromatic heterocycles. The molecular weight excluding hydrogens is 324 g/mol. The molecule has 0 aliphatic rings. The average molecular weight is 349 g/mol. The van der Waals surface area contributed by atoms with Crippen LogP contribution in [0, 0.1) is 0 Å². The highest BCUT2D eigenvalue weighted by Crippen LogP contribution is 2.24. The van der Waals surface area contributed by atoms with E-state index in [4.69, 9.17) is 4.74 Å². The topological polar surface area (TPSA) is 41.6 Å². The maximum Gasteiger partial charge on any atom is 0.255 e. The first kappa shape index (κ1) is 20.0. The number of carbonyl (C=O) groups is 1. The third kappa shape index (κ3) is 5.87. The van der Waals surface area contributed by atoms with E-state index in [1.807, 2.05) is 42.5 Å². The van der Waals surface area contributed by atoms with Gasteiger partial charge in [-0.3, -0.25) is 4.79 Å². The van der Waals surface area contributed by atoms with Gasteiger partial charge in [0.15, 0.2) is 0 Å². The van der Waals surface area contributed by atoms with Crippen LogP contribution < -0.4 is 10.1 Å². The standard InChI is InChI=1S/C19H24N2O2.ClH/c1-3-21(4-2)14-15-23-18-13-9-8-12-17(18)20-19(22)16-10-6-5-7-11-16;/h5-13H,3-4,14-15H2,1-2H3,(H,20,22);1H. The first-order valence-corrected chi connectivity index (χ1v) is 8.05. The Morgan fingerprint density at radius 1 is 1.00 bits per heavy atom. The van der Waals surface area contributed by atoms with E-state index < -0.39 is 0 Å². The number of hydrogen-bond donors (Lipinski definition) is 1. The molecule has 0 saturated heterocycles. The summed E-state index contributed by atoms with van der Waals surface area (Å²) in [7, 11) is 0. The largest absolute Gasteiger partial charge is 0.490 e. The van der Waals surface area contributed by atoms with Crippen molar-refractivity contribution in [3.8, 4) is 5.75 Å². The van der Waals surface area contributed by atoms with Gasteiger partial charge in [-0.05, 0) is 37.4 Å². The molecule has 0 heterocycles. The van der Waals surface area contributed by atoms with Crippen LogP contribution in [-0.4, -0.2) is 37.0 Å². The maximum atomic E-state index is 12.3. The quantitative estimate of drug-likeness (QED) is 0.781. The van der Waals surface area contributed by atoms with E-state index in [2.05, 4.69) is 24.1 Å². The van der Waals surface area contributed by atoms with Gasteiger partial charge in [0.2, 0.25) is 0 Å². The van der Waals surface area contributed by atoms with Gasteiger partial charge in [-0.25, -0.2) is 0 Å². The van der Waals surface area contributed by atoms with E-state index in [9.17, 15) is 4.79 Å². The van der Waals surface area contributed by atoms with Crippen molar-refractivity contribution in [3.63, 3.8) is 0 Å². The van der Waals surface area contributed by atoms with E-state index in [-0.39, 0.29) is 18.3 Å². The molecule has 0 radical (unpaired) electrons. The summed E-state index contributed by atoms with van der Waals surface area (Å²) in [5, 5.41) is 2.92. The van der Waals surface area contributed by atoms with Gasteiger partial charge < -0.3 is 15.0 Å². The van der Waals surface area contributed by atoms with Gasteiger partial charge in [-0.15, -0.1) is 12.4 Å². The van der Waals surface area contributed by atoms with Crippen molar-refractivity contribution in [1.29, 1.82) is 0 Å². The van der Waals surface area contributed by atoms with E-state index in [1.165, 1.54) is 0 Å². The number of likely N-dealkylation sites (N-methyl/N-ethyl adjacent to an activating group) is 1. The molecule has 24 heavy (non-hydrogen) atoms. The van der Waals surface area contributed by atoms with Crippen LogP contribution in [0.5, 0.6) is 5.75 Å². The Kier molecular flexibility index (Phi) is 8.90. The number of nitrogens with zero attached hydrogens (tertiary/aromatic N) is 1. The Labute approximate surface area is 150 Å². The molecule has 0 aliphatic heterocycles. The van der Waals surface area contributed by atoms with E-state index in [0.29, 0.717) is 23.6 Å². The number of para-hydroxylation sites is 2. The normalized spacial score (nSPS) is 10.1. The van der Waals surface area contributed by atoms with Crippen LogP contribution in [-0.2, 0) is 0 Å². The molecule has 2 aromatic carbocycles. The van der Waals surface area contributed by atoms with Crippen LogP contribution in [0.4, 0.5) is 5.69 Å².